The average Bonchev–Trinajstić information content (AvgIpc) is 3.39. The lowest BCUT2D eigenvalue weighted by molar-refractivity contribution is -0.385. The van der Waals surface area contributed by atoms with Gasteiger partial charge in [0.25, 0.3) is 5.56 Å². The van der Waals surface area contributed by atoms with Crippen LogP contribution in [0.1, 0.15) is 11.1 Å². The predicted molar refractivity (Wildman–Crippen MR) is 161 cm³/mol. The van der Waals surface area contributed by atoms with Crippen LogP contribution in [0.25, 0.3) is 33.5 Å². The molecule has 0 amide bonds. The number of rotatable bonds is 7. The van der Waals surface area contributed by atoms with Crippen LogP contribution in [0.3, 0.4) is 0 Å². The first-order chi connectivity index (χ1) is 19.9. The van der Waals surface area contributed by atoms with E-state index in [4.69, 9.17) is 20.8 Å². The number of hydrogen-bond donors (Lipinski definition) is 0. The number of nitro groups is 1. The fourth-order valence-corrected chi connectivity index (χ4v) is 4.86. The van der Waals surface area contributed by atoms with Crippen LogP contribution in [0.15, 0.2) is 110 Å². The van der Waals surface area contributed by atoms with Crippen molar-refractivity contribution in [2.24, 2.45) is 5.10 Å². The van der Waals surface area contributed by atoms with E-state index in [1.807, 2.05) is 18.2 Å². The quantitative estimate of drug-likeness (QED) is 0.102. The molecule has 6 aromatic rings. The first-order valence-electron chi connectivity index (χ1n) is 12.3. The summed E-state index contributed by atoms with van der Waals surface area (Å²) in [7, 11) is 0. The Morgan fingerprint density at radius 1 is 1.05 bits per heavy atom. The molecule has 0 radical (unpaired) electrons. The number of hydrogen-bond acceptors (Lipinski definition) is 7. The number of aromatic nitrogens is 2. The van der Waals surface area contributed by atoms with Crippen molar-refractivity contribution < 1.29 is 14.1 Å². The van der Waals surface area contributed by atoms with Gasteiger partial charge in [0.05, 0.1) is 22.0 Å². The zero-order chi connectivity index (χ0) is 28.5. The van der Waals surface area contributed by atoms with E-state index in [1.165, 1.54) is 18.3 Å². The molecular formula is C30H18BrClN4O5. The van der Waals surface area contributed by atoms with E-state index in [1.54, 1.807) is 60.7 Å². The van der Waals surface area contributed by atoms with Gasteiger partial charge in [0, 0.05) is 32.1 Å². The summed E-state index contributed by atoms with van der Waals surface area (Å²) in [5.74, 6) is 0.601. The summed E-state index contributed by atoms with van der Waals surface area (Å²) in [5.41, 5.74) is 1.50. The van der Waals surface area contributed by atoms with E-state index in [2.05, 4.69) is 26.0 Å². The number of para-hydroxylation sites is 1. The third kappa shape index (κ3) is 5.34. The first kappa shape index (κ1) is 26.4. The molecule has 41 heavy (non-hydrogen) atoms. The molecule has 4 aromatic carbocycles. The van der Waals surface area contributed by atoms with Gasteiger partial charge in [-0.25, -0.2) is 4.98 Å². The maximum absolute atomic E-state index is 13.5. The SMILES string of the molecule is O=c1c2ccccc2nc(-c2cc3cc(Br)ccc3o2)n1N=Cc1ccc(OCc2ccccc2Cl)c([N+](=O)[O-])c1. The second kappa shape index (κ2) is 11.0. The molecule has 0 bridgehead atoms. The minimum atomic E-state index is -0.541. The van der Waals surface area contributed by atoms with Crippen molar-refractivity contribution in [3.63, 3.8) is 0 Å². The highest BCUT2D eigenvalue weighted by molar-refractivity contribution is 9.10. The summed E-state index contributed by atoms with van der Waals surface area (Å²) in [6.45, 7) is 0.0591. The molecule has 0 saturated heterocycles. The van der Waals surface area contributed by atoms with Gasteiger partial charge in [-0.15, -0.1) is 0 Å². The Kier molecular flexibility index (Phi) is 7.08. The topological polar surface area (TPSA) is 113 Å². The van der Waals surface area contributed by atoms with Crippen LogP contribution in [0, 0.1) is 10.1 Å². The monoisotopic (exact) mass is 628 g/mol. The molecular weight excluding hydrogens is 612 g/mol. The van der Waals surface area contributed by atoms with E-state index in [-0.39, 0.29) is 23.9 Å². The first-order valence-corrected chi connectivity index (χ1v) is 13.4. The molecule has 2 heterocycles. The van der Waals surface area contributed by atoms with Crippen molar-refractivity contribution in [2.45, 2.75) is 6.61 Å². The van der Waals surface area contributed by atoms with Gasteiger partial charge >= 0.3 is 5.69 Å². The molecule has 11 heteroatoms. The van der Waals surface area contributed by atoms with Crippen molar-refractivity contribution in [2.75, 3.05) is 0 Å². The molecule has 0 fully saturated rings. The Morgan fingerprint density at radius 2 is 1.85 bits per heavy atom. The molecule has 6 rings (SSSR count). The molecule has 0 saturated carbocycles. The number of fused-ring (bicyclic) bond motifs is 2. The summed E-state index contributed by atoms with van der Waals surface area (Å²) >= 11 is 9.63. The largest absolute Gasteiger partial charge is 0.482 e. The highest BCUT2D eigenvalue weighted by Crippen LogP contribution is 2.31. The van der Waals surface area contributed by atoms with Crippen LogP contribution in [0.2, 0.25) is 5.02 Å². The van der Waals surface area contributed by atoms with E-state index >= 15 is 0 Å². The molecule has 0 aliphatic rings. The minimum Gasteiger partial charge on any atom is -0.482 e. The van der Waals surface area contributed by atoms with E-state index in [0.717, 1.165) is 14.5 Å². The van der Waals surface area contributed by atoms with Gasteiger partial charge in [-0.1, -0.05) is 57.9 Å². The summed E-state index contributed by atoms with van der Waals surface area (Å²) in [6, 6.07) is 25.8. The molecule has 0 aliphatic heterocycles. The summed E-state index contributed by atoms with van der Waals surface area (Å²) in [6.07, 6.45) is 1.35. The Balaban J connectivity index is 1.40. The molecule has 0 aliphatic carbocycles. The standard InChI is InChI=1S/C30H18BrClN4O5/c31-21-10-12-26-20(14-21)15-28(41-26)29-34-24-8-4-2-6-22(24)30(37)35(29)33-16-18-9-11-27(25(13-18)36(38)39)40-17-19-5-1-3-7-23(19)32/h1-16H,17H2. The van der Waals surface area contributed by atoms with Crippen LogP contribution < -0.4 is 10.3 Å². The Bertz CT molecular complexity index is 2050. The molecule has 0 atom stereocenters. The van der Waals surface area contributed by atoms with Gasteiger partial charge < -0.3 is 9.15 Å². The fourth-order valence-electron chi connectivity index (χ4n) is 4.29. The van der Waals surface area contributed by atoms with Gasteiger partial charge in [0.1, 0.15) is 12.2 Å². The van der Waals surface area contributed by atoms with Gasteiger partial charge in [-0.2, -0.15) is 9.78 Å². The maximum atomic E-state index is 13.5. The number of ether oxygens (including phenoxy) is 1. The highest BCUT2D eigenvalue weighted by Gasteiger charge is 2.18. The number of furan rings is 1. The van der Waals surface area contributed by atoms with Gasteiger partial charge in [-0.05, 0) is 54.6 Å². The predicted octanol–water partition coefficient (Wildman–Crippen LogP) is 7.60. The highest BCUT2D eigenvalue weighted by atomic mass is 79.9. The van der Waals surface area contributed by atoms with Crippen molar-refractivity contribution in [1.82, 2.24) is 9.66 Å². The molecule has 2 aromatic heterocycles. The molecule has 202 valence electrons. The summed E-state index contributed by atoms with van der Waals surface area (Å²) in [4.78, 5) is 29.5. The number of nitro benzene ring substituents is 1. The summed E-state index contributed by atoms with van der Waals surface area (Å²) < 4.78 is 13.7. The molecule has 0 unspecified atom stereocenters. The van der Waals surface area contributed by atoms with Crippen LogP contribution in [0.4, 0.5) is 5.69 Å². The van der Waals surface area contributed by atoms with E-state index < -0.39 is 10.5 Å². The Labute approximate surface area is 245 Å². The summed E-state index contributed by atoms with van der Waals surface area (Å²) in [5, 5.41) is 17.9. The van der Waals surface area contributed by atoms with Crippen molar-refractivity contribution in [3.05, 3.63) is 132 Å². The lowest BCUT2D eigenvalue weighted by atomic mass is 10.2. The van der Waals surface area contributed by atoms with Gasteiger partial charge in [0.2, 0.25) is 5.82 Å². The Morgan fingerprint density at radius 3 is 2.68 bits per heavy atom. The van der Waals surface area contributed by atoms with Crippen LogP contribution in [-0.2, 0) is 6.61 Å². The van der Waals surface area contributed by atoms with Crippen LogP contribution >= 0.6 is 27.5 Å². The third-order valence-corrected chi connectivity index (χ3v) is 7.16. The number of nitrogens with zero attached hydrogens (tertiary/aromatic N) is 4. The second-order valence-electron chi connectivity index (χ2n) is 8.97. The van der Waals surface area contributed by atoms with Crippen molar-refractivity contribution in [3.8, 4) is 17.3 Å². The van der Waals surface area contributed by atoms with Gasteiger partial charge in [-0.3, -0.25) is 14.9 Å². The number of halogens is 2. The van der Waals surface area contributed by atoms with Gasteiger partial charge in [0.15, 0.2) is 11.5 Å². The lowest BCUT2D eigenvalue weighted by Crippen LogP contribution is -2.20. The minimum absolute atomic E-state index is 0.0591. The zero-order valence-corrected chi connectivity index (χ0v) is 23.4. The second-order valence-corrected chi connectivity index (χ2v) is 10.3. The average molecular weight is 630 g/mol. The zero-order valence-electron chi connectivity index (χ0n) is 21.0. The molecule has 0 spiro atoms. The number of benzene rings is 4. The lowest BCUT2D eigenvalue weighted by Gasteiger charge is -2.09. The van der Waals surface area contributed by atoms with E-state index in [9.17, 15) is 14.9 Å². The molecule has 0 N–H and O–H groups in total. The maximum Gasteiger partial charge on any atom is 0.311 e. The van der Waals surface area contributed by atoms with Crippen LogP contribution in [0.5, 0.6) is 5.75 Å². The normalized spacial score (nSPS) is 11.5. The fraction of sp³-hybridized carbons (Fsp3) is 0.0333. The van der Waals surface area contributed by atoms with E-state index in [0.29, 0.717) is 38.4 Å². The van der Waals surface area contributed by atoms with Crippen LogP contribution in [-0.4, -0.2) is 20.8 Å². The molecule has 9 nitrogen and oxygen atoms in total. The van der Waals surface area contributed by atoms with Crippen molar-refractivity contribution >= 4 is 61.3 Å². The van der Waals surface area contributed by atoms with Crippen molar-refractivity contribution in [1.29, 1.82) is 0 Å². The smallest absolute Gasteiger partial charge is 0.311 e. The third-order valence-electron chi connectivity index (χ3n) is 6.30. The Hall–Kier alpha value is -4.80.